The molecular formula is C42H78NO5+. The van der Waals surface area contributed by atoms with Crippen LogP contribution in [0.3, 0.4) is 0 Å². The predicted molar refractivity (Wildman–Crippen MR) is 203 cm³/mol. The molecule has 0 N–H and O–H groups in total. The van der Waals surface area contributed by atoms with Crippen LogP contribution in [0.4, 0.5) is 0 Å². The topological polar surface area (TPSA) is 69.7 Å². The van der Waals surface area contributed by atoms with Crippen molar-refractivity contribution in [1.29, 1.82) is 0 Å². The Kier molecular flexibility index (Phi) is 33.5. The molecule has 48 heavy (non-hydrogen) atoms. The Morgan fingerprint density at radius 2 is 0.792 bits per heavy atom. The van der Waals surface area contributed by atoms with Gasteiger partial charge in [-0.25, -0.2) is 4.79 Å². The minimum absolute atomic E-state index is 0.0152. The molecule has 0 aliphatic rings. The van der Waals surface area contributed by atoms with Crippen LogP contribution in [-0.2, 0) is 23.9 Å². The van der Waals surface area contributed by atoms with Crippen molar-refractivity contribution in [3.63, 3.8) is 0 Å². The molecule has 0 unspecified atom stereocenters. The number of likely N-dealkylation sites (N-methyl/N-ethyl adjacent to an activating group) is 1. The lowest BCUT2D eigenvalue weighted by molar-refractivity contribution is -0.814. The van der Waals surface area contributed by atoms with E-state index in [0.717, 1.165) is 51.4 Å². The highest BCUT2D eigenvalue weighted by molar-refractivity contribution is 5.76. The minimum atomic E-state index is -0.313. The first-order chi connectivity index (χ1) is 23.3. The van der Waals surface area contributed by atoms with Crippen molar-refractivity contribution < 1.29 is 28.3 Å². The van der Waals surface area contributed by atoms with E-state index in [2.05, 4.69) is 38.2 Å². The van der Waals surface area contributed by atoms with E-state index in [9.17, 15) is 14.4 Å². The molecule has 6 nitrogen and oxygen atoms in total. The van der Waals surface area contributed by atoms with Crippen LogP contribution in [0.5, 0.6) is 0 Å². The van der Waals surface area contributed by atoms with E-state index in [1.807, 2.05) is 0 Å². The zero-order valence-electron chi connectivity index (χ0n) is 32.2. The van der Waals surface area contributed by atoms with Gasteiger partial charge in [-0.1, -0.05) is 141 Å². The molecule has 6 heteroatoms. The molecular weight excluding hydrogens is 598 g/mol. The number of rotatable bonds is 35. The fourth-order valence-electron chi connectivity index (χ4n) is 5.65. The lowest BCUT2D eigenvalue weighted by atomic mass is 10.1. The van der Waals surface area contributed by atoms with E-state index in [-0.39, 0.29) is 35.5 Å². The van der Waals surface area contributed by atoms with Crippen molar-refractivity contribution in [3.8, 4) is 0 Å². The maximum Gasteiger partial charge on any atom is 0.351 e. The van der Waals surface area contributed by atoms with Gasteiger partial charge in [0.25, 0.3) is 0 Å². The molecule has 280 valence electrons. The van der Waals surface area contributed by atoms with Crippen molar-refractivity contribution >= 4 is 17.8 Å². The smallest absolute Gasteiger partial charge is 0.351 e. The van der Waals surface area contributed by atoms with E-state index in [4.69, 9.17) is 9.47 Å². The lowest BCUT2D eigenvalue weighted by Crippen LogP contribution is -2.49. The van der Waals surface area contributed by atoms with Gasteiger partial charge in [0.1, 0.15) is 13.2 Å². The maximum absolute atomic E-state index is 12.6. The molecule has 0 aromatic heterocycles. The van der Waals surface area contributed by atoms with Crippen LogP contribution < -0.4 is 0 Å². The molecule has 0 aromatic carbocycles. The van der Waals surface area contributed by atoms with Crippen LogP contribution in [0, 0.1) is 0 Å². The number of ether oxygens (including phenoxy) is 2. The predicted octanol–water partition coefficient (Wildman–Crippen LogP) is 11.8. The van der Waals surface area contributed by atoms with Crippen LogP contribution in [-0.4, -0.2) is 56.2 Å². The number of hydrogen-bond donors (Lipinski definition) is 0. The first-order valence-corrected chi connectivity index (χ1v) is 20.3. The maximum atomic E-state index is 12.6. The van der Waals surface area contributed by atoms with Crippen LogP contribution >= 0.6 is 0 Å². The van der Waals surface area contributed by atoms with Crippen LogP contribution in [0.15, 0.2) is 24.3 Å². The fourth-order valence-corrected chi connectivity index (χ4v) is 5.65. The second-order valence-electron chi connectivity index (χ2n) is 14.4. The van der Waals surface area contributed by atoms with Crippen molar-refractivity contribution in [3.05, 3.63) is 24.3 Å². The van der Waals surface area contributed by atoms with Crippen LogP contribution in [0.1, 0.15) is 194 Å². The first-order valence-electron chi connectivity index (χ1n) is 20.3. The van der Waals surface area contributed by atoms with Gasteiger partial charge >= 0.3 is 17.8 Å². The van der Waals surface area contributed by atoms with Gasteiger partial charge in [-0.3, -0.25) is 14.1 Å². The third-order valence-electron chi connectivity index (χ3n) is 9.23. The minimum Gasteiger partial charge on any atom is -0.460 e. The van der Waals surface area contributed by atoms with Gasteiger partial charge in [0.05, 0.1) is 14.1 Å². The highest BCUT2D eigenvalue weighted by Crippen LogP contribution is 2.12. The van der Waals surface area contributed by atoms with Crippen molar-refractivity contribution in [2.75, 3.05) is 33.9 Å². The largest absolute Gasteiger partial charge is 0.460 e. The standard InChI is InChI=1S/C42H78NO5/c1-5-7-9-11-13-15-17-19-21-23-25-27-29-31-33-35-41(45)47-38-37-43(3,4)40(44)39-48-42(46)36-34-32-30-28-26-24-22-20-18-16-14-12-10-8-6-2/h19-22H,5-18,23-39H2,1-4H3/q+1. The number of unbranched alkanes of at least 4 members (excludes halogenated alkanes) is 22. The van der Waals surface area contributed by atoms with Crippen molar-refractivity contribution in [1.82, 2.24) is 0 Å². The Balaban J connectivity index is 3.67. The Bertz CT molecular complexity index is 819. The molecule has 0 aliphatic heterocycles. The van der Waals surface area contributed by atoms with E-state index in [1.165, 1.54) is 116 Å². The number of nitrogens with zero attached hydrogens (tertiary/aromatic N) is 1. The second kappa shape index (κ2) is 34.9. The molecule has 0 aromatic rings. The fraction of sp³-hybridized carbons (Fsp3) is 0.833. The van der Waals surface area contributed by atoms with Gasteiger partial charge in [0.15, 0.2) is 0 Å². The van der Waals surface area contributed by atoms with Crippen molar-refractivity contribution in [2.24, 2.45) is 0 Å². The molecule has 1 amide bonds. The van der Waals surface area contributed by atoms with E-state index in [0.29, 0.717) is 19.4 Å². The summed E-state index contributed by atoms with van der Waals surface area (Å²) in [4.78, 5) is 36.9. The van der Waals surface area contributed by atoms with Gasteiger partial charge in [0.2, 0.25) is 6.61 Å². The summed E-state index contributed by atoms with van der Waals surface area (Å²) < 4.78 is 10.6. The number of amides is 1. The van der Waals surface area contributed by atoms with E-state index < -0.39 is 0 Å². The SMILES string of the molecule is CCCCCCCCC=CCCCCCCCC(=O)OCC[N+](C)(C)C(=O)COC(=O)CCCCCCCC=CCCCCCCCC. The van der Waals surface area contributed by atoms with Gasteiger partial charge < -0.3 is 9.47 Å². The highest BCUT2D eigenvalue weighted by Gasteiger charge is 2.27. The molecule has 0 bridgehead atoms. The Hall–Kier alpha value is -1.95. The average molecular weight is 677 g/mol. The molecule has 0 radical (unpaired) electrons. The molecule has 0 saturated carbocycles. The summed E-state index contributed by atoms with van der Waals surface area (Å²) in [6.07, 6.45) is 41.8. The quantitative estimate of drug-likeness (QED) is 0.0289. The summed E-state index contributed by atoms with van der Waals surface area (Å²) in [7, 11) is 3.52. The van der Waals surface area contributed by atoms with Gasteiger partial charge in [0, 0.05) is 12.8 Å². The summed E-state index contributed by atoms with van der Waals surface area (Å²) in [5, 5.41) is 0. The number of hydrogen-bond acceptors (Lipinski definition) is 5. The molecule has 0 rings (SSSR count). The molecule has 0 atom stereocenters. The van der Waals surface area contributed by atoms with Crippen molar-refractivity contribution in [2.45, 2.75) is 194 Å². The molecule has 0 saturated heterocycles. The summed E-state index contributed by atoms with van der Waals surface area (Å²) in [6, 6.07) is 0. The second-order valence-corrected chi connectivity index (χ2v) is 14.4. The zero-order chi connectivity index (χ0) is 35.4. The van der Waals surface area contributed by atoms with Crippen LogP contribution in [0.2, 0.25) is 0 Å². The van der Waals surface area contributed by atoms with Gasteiger partial charge in [-0.2, -0.15) is 0 Å². The molecule has 0 fully saturated rings. The Labute approximate surface area is 297 Å². The third-order valence-corrected chi connectivity index (χ3v) is 9.23. The van der Waals surface area contributed by atoms with Gasteiger partial charge in [-0.15, -0.1) is 0 Å². The number of carbonyl (C=O) groups excluding carboxylic acids is 3. The lowest BCUT2D eigenvalue weighted by Gasteiger charge is -2.26. The number of allylic oxidation sites excluding steroid dienone is 4. The summed E-state index contributed by atoms with van der Waals surface area (Å²) in [6.45, 7) is 4.83. The Morgan fingerprint density at radius 1 is 0.458 bits per heavy atom. The van der Waals surface area contributed by atoms with E-state index >= 15 is 0 Å². The van der Waals surface area contributed by atoms with E-state index in [1.54, 1.807) is 14.1 Å². The molecule has 0 spiro atoms. The van der Waals surface area contributed by atoms with Crippen LogP contribution in [0.25, 0.3) is 0 Å². The number of carbonyl (C=O) groups is 3. The average Bonchev–Trinajstić information content (AvgIpc) is 3.07. The third kappa shape index (κ3) is 32.6. The van der Waals surface area contributed by atoms with Gasteiger partial charge in [-0.05, 0) is 64.2 Å². The number of esters is 2. The highest BCUT2D eigenvalue weighted by atomic mass is 16.5. The number of quaternary nitrogens is 1. The summed E-state index contributed by atoms with van der Waals surface area (Å²) in [5.41, 5.74) is 0. The summed E-state index contributed by atoms with van der Waals surface area (Å²) in [5.74, 6) is -0.708. The normalized spacial score (nSPS) is 11.9. The first kappa shape index (κ1) is 46.0. The zero-order valence-corrected chi connectivity index (χ0v) is 32.2. The molecule has 0 aliphatic carbocycles. The molecule has 0 heterocycles. The summed E-state index contributed by atoms with van der Waals surface area (Å²) >= 11 is 0. The monoisotopic (exact) mass is 677 g/mol. The Morgan fingerprint density at radius 3 is 1.19 bits per heavy atom.